The largest absolute Gasteiger partial charge is 0.387 e. The third-order valence-electron chi connectivity index (χ3n) is 2.94. The second-order valence-electron chi connectivity index (χ2n) is 4.31. The van der Waals surface area contributed by atoms with Gasteiger partial charge < -0.3 is 9.59 Å². The fourth-order valence-electron chi connectivity index (χ4n) is 2.21. The first kappa shape index (κ1) is 9.01. The molecular weight excluding hydrogens is 138 g/mol. The molecule has 0 unspecified atom stereocenters. The van der Waals surface area contributed by atoms with Crippen LogP contribution in [0.5, 0.6) is 0 Å². The van der Waals surface area contributed by atoms with Gasteiger partial charge in [0.05, 0.1) is 20.6 Å². The van der Waals surface area contributed by atoms with Crippen LogP contribution in [0.4, 0.5) is 0 Å². The topological polar surface area (TPSA) is 20.2 Å². The van der Waals surface area contributed by atoms with Gasteiger partial charge in [-0.15, -0.1) is 0 Å². The molecule has 1 aliphatic rings. The number of aliphatic hydroxyl groups is 1. The predicted molar refractivity (Wildman–Crippen MR) is 46.3 cm³/mol. The van der Waals surface area contributed by atoms with Crippen LogP contribution >= 0.6 is 0 Å². The first-order chi connectivity index (χ1) is 5.04. The quantitative estimate of drug-likeness (QED) is 0.564. The van der Waals surface area contributed by atoms with E-state index in [1.807, 2.05) is 6.92 Å². The van der Waals surface area contributed by atoms with Gasteiger partial charge in [0.1, 0.15) is 12.1 Å². The molecule has 1 heterocycles. The summed E-state index contributed by atoms with van der Waals surface area (Å²) in [4.78, 5) is 0. The summed E-state index contributed by atoms with van der Waals surface area (Å²) in [7, 11) is 4.44. The predicted octanol–water partition coefficient (Wildman–Crippen LogP) is 0.996. The van der Waals surface area contributed by atoms with E-state index in [1.165, 1.54) is 25.8 Å². The minimum Gasteiger partial charge on any atom is -0.387 e. The van der Waals surface area contributed by atoms with Crippen LogP contribution in [0.25, 0.3) is 0 Å². The SMILES string of the molecule is C[C@@H](O)[C@@H]1CCCC[N+]1(C)C. The summed E-state index contributed by atoms with van der Waals surface area (Å²) in [6.07, 6.45) is 3.64. The highest BCUT2D eigenvalue weighted by Gasteiger charge is 2.34. The monoisotopic (exact) mass is 158 g/mol. The Morgan fingerprint density at radius 3 is 2.36 bits per heavy atom. The molecule has 0 radical (unpaired) electrons. The molecular formula is C9H20NO+. The van der Waals surface area contributed by atoms with Gasteiger partial charge in [0, 0.05) is 6.42 Å². The van der Waals surface area contributed by atoms with Crippen molar-refractivity contribution < 1.29 is 9.59 Å². The molecule has 1 aliphatic heterocycles. The van der Waals surface area contributed by atoms with E-state index in [2.05, 4.69) is 14.1 Å². The number of likely N-dealkylation sites (tertiary alicyclic amines) is 1. The van der Waals surface area contributed by atoms with Crippen molar-refractivity contribution in [1.29, 1.82) is 0 Å². The molecule has 0 spiro atoms. The smallest absolute Gasteiger partial charge is 0.115 e. The molecule has 0 amide bonds. The molecule has 11 heavy (non-hydrogen) atoms. The number of hydrogen-bond acceptors (Lipinski definition) is 1. The highest BCUT2D eigenvalue weighted by molar-refractivity contribution is 4.69. The van der Waals surface area contributed by atoms with Crippen molar-refractivity contribution in [3.8, 4) is 0 Å². The standard InChI is InChI=1S/C9H20NO/c1-8(11)9-6-4-5-7-10(9,2)3/h8-9,11H,4-7H2,1-3H3/q+1/t8-,9+/m1/s1. The average molecular weight is 158 g/mol. The molecule has 0 aliphatic carbocycles. The number of likely N-dealkylation sites (N-methyl/N-ethyl adjacent to an activating group) is 1. The fraction of sp³-hybridized carbons (Fsp3) is 1.00. The molecule has 1 fully saturated rings. The van der Waals surface area contributed by atoms with Crippen LogP contribution in [0.2, 0.25) is 0 Å². The van der Waals surface area contributed by atoms with Crippen LogP contribution in [0.1, 0.15) is 26.2 Å². The Hall–Kier alpha value is -0.0800. The molecule has 2 atom stereocenters. The van der Waals surface area contributed by atoms with E-state index in [-0.39, 0.29) is 6.10 Å². The van der Waals surface area contributed by atoms with E-state index in [0.29, 0.717) is 6.04 Å². The summed E-state index contributed by atoms with van der Waals surface area (Å²) in [5, 5.41) is 9.50. The van der Waals surface area contributed by atoms with Crippen molar-refractivity contribution in [1.82, 2.24) is 0 Å². The lowest BCUT2D eigenvalue weighted by Crippen LogP contribution is -2.56. The van der Waals surface area contributed by atoms with Gasteiger partial charge in [0.25, 0.3) is 0 Å². The Kier molecular flexibility index (Phi) is 2.55. The molecule has 2 nitrogen and oxygen atoms in total. The fourth-order valence-corrected chi connectivity index (χ4v) is 2.21. The van der Waals surface area contributed by atoms with Crippen molar-refractivity contribution in [2.24, 2.45) is 0 Å². The van der Waals surface area contributed by atoms with Crippen LogP contribution in [0, 0.1) is 0 Å². The van der Waals surface area contributed by atoms with Crippen molar-refractivity contribution in [3.63, 3.8) is 0 Å². The van der Waals surface area contributed by atoms with E-state index in [1.54, 1.807) is 0 Å². The van der Waals surface area contributed by atoms with E-state index in [9.17, 15) is 5.11 Å². The number of aliphatic hydroxyl groups excluding tert-OH is 1. The highest BCUT2D eigenvalue weighted by Crippen LogP contribution is 2.23. The van der Waals surface area contributed by atoms with Crippen LogP contribution < -0.4 is 0 Å². The number of quaternary nitrogens is 1. The second-order valence-corrected chi connectivity index (χ2v) is 4.31. The molecule has 1 rings (SSSR count). The van der Waals surface area contributed by atoms with Gasteiger partial charge in [0.2, 0.25) is 0 Å². The van der Waals surface area contributed by atoms with Gasteiger partial charge in [-0.2, -0.15) is 0 Å². The summed E-state index contributed by atoms with van der Waals surface area (Å²) in [5.74, 6) is 0. The van der Waals surface area contributed by atoms with Gasteiger partial charge >= 0.3 is 0 Å². The molecule has 2 heteroatoms. The number of hydrogen-bond donors (Lipinski definition) is 1. The van der Waals surface area contributed by atoms with Gasteiger partial charge in [0.15, 0.2) is 0 Å². The molecule has 0 aromatic carbocycles. The Bertz CT molecular complexity index is 132. The zero-order valence-corrected chi connectivity index (χ0v) is 7.88. The summed E-state index contributed by atoms with van der Waals surface area (Å²) >= 11 is 0. The number of nitrogens with zero attached hydrogens (tertiary/aromatic N) is 1. The zero-order valence-electron chi connectivity index (χ0n) is 7.88. The summed E-state index contributed by atoms with van der Waals surface area (Å²) in [5.41, 5.74) is 0. The Morgan fingerprint density at radius 1 is 1.36 bits per heavy atom. The Morgan fingerprint density at radius 2 is 2.00 bits per heavy atom. The van der Waals surface area contributed by atoms with E-state index in [4.69, 9.17) is 0 Å². The highest BCUT2D eigenvalue weighted by atomic mass is 16.3. The van der Waals surface area contributed by atoms with Crippen LogP contribution in [0.15, 0.2) is 0 Å². The molecule has 0 aromatic rings. The normalized spacial score (nSPS) is 33.3. The van der Waals surface area contributed by atoms with Crippen LogP contribution in [-0.4, -0.2) is 42.4 Å². The van der Waals surface area contributed by atoms with Crippen LogP contribution in [-0.2, 0) is 0 Å². The van der Waals surface area contributed by atoms with E-state index < -0.39 is 0 Å². The second kappa shape index (κ2) is 3.11. The lowest BCUT2D eigenvalue weighted by molar-refractivity contribution is -0.923. The average Bonchev–Trinajstić information content (AvgIpc) is 1.85. The molecule has 0 aromatic heterocycles. The summed E-state index contributed by atoms with van der Waals surface area (Å²) in [6, 6.07) is 0.462. The van der Waals surface area contributed by atoms with E-state index >= 15 is 0 Å². The van der Waals surface area contributed by atoms with Crippen molar-refractivity contribution in [3.05, 3.63) is 0 Å². The lowest BCUT2D eigenvalue weighted by atomic mass is 9.96. The maximum absolute atomic E-state index is 9.50. The molecule has 0 saturated carbocycles. The number of piperidine rings is 1. The molecule has 0 bridgehead atoms. The minimum absolute atomic E-state index is 0.148. The van der Waals surface area contributed by atoms with Crippen molar-refractivity contribution in [2.75, 3.05) is 20.6 Å². The minimum atomic E-state index is -0.148. The maximum atomic E-state index is 9.50. The molecule has 1 N–H and O–H groups in total. The van der Waals surface area contributed by atoms with Crippen molar-refractivity contribution >= 4 is 0 Å². The Balaban J connectivity index is 2.60. The van der Waals surface area contributed by atoms with Crippen molar-refractivity contribution in [2.45, 2.75) is 38.3 Å². The van der Waals surface area contributed by atoms with Gasteiger partial charge in [-0.25, -0.2) is 0 Å². The molecule has 66 valence electrons. The molecule has 1 saturated heterocycles. The van der Waals surface area contributed by atoms with Gasteiger partial charge in [-0.3, -0.25) is 0 Å². The summed E-state index contributed by atoms with van der Waals surface area (Å²) < 4.78 is 0.998. The van der Waals surface area contributed by atoms with Gasteiger partial charge in [-0.05, 0) is 19.8 Å². The lowest BCUT2D eigenvalue weighted by Gasteiger charge is -2.42. The Labute approximate surface area is 69.4 Å². The van der Waals surface area contributed by atoms with E-state index in [0.717, 1.165) is 4.48 Å². The third-order valence-corrected chi connectivity index (χ3v) is 2.94. The van der Waals surface area contributed by atoms with Gasteiger partial charge in [-0.1, -0.05) is 0 Å². The maximum Gasteiger partial charge on any atom is 0.115 e. The summed E-state index contributed by atoms with van der Waals surface area (Å²) in [6.45, 7) is 3.13. The first-order valence-electron chi connectivity index (χ1n) is 4.55. The third kappa shape index (κ3) is 1.94. The van der Waals surface area contributed by atoms with Crippen LogP contribution in [0.3, 0.4) is 0 Å². The first-order valence-corrected chi connectivity index (χ1v) is 4.55. The number of rotatable bonds is 1. The zero-order chi connectivity index (χ0) is 8.48.